The number of carbonyl (C=O) groups excluding carboxylic acids is 1. The minimum Gasteiger partial charge on any atom is -0.356 e. The Morgan fingerprint density at radius 2 is 1.78 bits per heavy atom. The summed E-state index contributed by atoms with van der Waals surface area (Å²) in [7, 11) is -1.22. The quantitative estimate of drug-likeness (QED) is 0.597. The number of hydrogen-bond donors (Lipinski definition) is 1. The van der Waals surface area contributed by atoms with Gasteiger partial charge < -0.3 is 15.1 Å². The number of piperazine rings is 1. The summed E-state index contributed by atoms with van der Waals surface area (Å²) in [6.45, 7) is 6.35. The van der Waals surface area contributed by atoms with E-state index in [0.717, 1.165) is 39.1 Å². The molecule has 0 radical (unpaired) electrons. The van der Waals surface area contributed by atoms with E-state index in [-0.39, 0.29) is 5.91 Å². The number of sulfonamides is 1. The first kappa shape index (κ1) is 21.7. The van der Waals surface area contributed by atoms with Gasteiger partial charge in [-0.3, -0.25) is 9.10 Å². The van der Waals surface area contributed by atoms with Gasteiger partial charge in [-0.15, -0.1) is 0 Å². The van der Waals surface area contributed by atoms with Gasteiger partial charge in [0.15, 0.2) is 0 Å². The van der Waals surface area contributed by atoms with E-state index in [1.165, 1.54) is 10.6 Å². The molecule has 0 atom stereocenters. The third-order valence-corrected chi connectivity index (χ3v) is 5.97. The Hall–Kier alpha value is -1.64. The SMILES string of the molecule is CN1CCN(CCCNC(=O)CCCN(c2ccccc2)S(C)(=O)=O)CC1. The van der Waals surface area contributed by atoms with Crippen molar-refractivity contribution in [2.45, 2.75) is 19.3 Å². The zero-order valence-electron chi connectivity index (χ0n) is 16.4. The highest BCUT2D eigenvalue weighted by Gasteiger charge is 2.17. The smallest absolute Gasteiger partial charge is 0.232 e. The van der Waals surface area contributed by atoms with Crippen LogP contribution in [-0.2, 0) is 14.8 Å². The molecule has 1 heterocycles. The van der Waals surface area contributed by atoms with Crippen molar-refractivity contribution >= 4 is 21.6 Å². The molecule has 1 aliphatic rings. The van der Waals surface area contributed by atoms with Crippen molar-refractivity contribution in [2.24, 2.45) is 0 Å². The first-order valence-electron chi connectivity index (χ1n) is 9.56. The van der Waals surface area contributed by atoms with Crippen LogP contribution in [0.15, 0.2) is 30.3 Å². The highest BCUT2D eigenvalue weighted by atomic mass is 32.2. The molecule has 0 saturated carbocycles. The number of nitrogens with one attached hydrogen (secondary N) is 1. The summed E-state index contributed by atoms with van der Waals surface area (Å²) in [4.78, 5) is 16.8. The lowest BCUT2D eigenvalue weighted by atomic mass is 10.2. The van der Waals surface area contributed by atoms with Crippen LogP contribution >= 0.6 is 0 Å². The van der Waals surface area contributed by atoms with Crippen LogP contribution in [0.4, 0.5) is 5.69 Å². The van der Waals surface area contributed by atoms with Crippen LogP contribution in [0.5, 0.6) is 0 Å². The van der Waals surface area contributed by atoms with Gasteiger partial charge in [0.25, 0.3) is 0 Å². The molecule has 0 aliphatic carbocycles. The number of para-hydroxylation sites is 1. The fraction of sp³-hybridized carbons (Fsp3) is 0.632. The number of benzene rings is 1. The third kappa shape index (κ3) is 7.86. The van der Waals surface area contributed by atoms with Crippen molar-refractivity contribution in [3.8, 4) is 0 Å². The van der Waals surface area contributed by atoms with E-state index in [9.17, 15) is 13.2 Å². The predicted molar refractivity (Wildman–Crippen MR) is 109 cm³/mol. The topological polar surface area (TPSA) is 73.0 Å². The van der Waals surface area contributed by atoms with Crippen molar-refractivity contribution < 1.29 is 13.2 Å². The molecule has 0 spiro atoms. The largest absolute Gasteiger partial charge is 0.356 e. The third-order valence-electron chi connectivity index (χ3n) is 4.78. The highest BCUT2D eigenvalue weighted by molar-refractivity contribution is 7.92. The van der Waals surface area contributed by atoms with Crippen LogP contribution in [0.3, 0.4) is 0 Å². The van der Waals surface area contributed by atoms with Gasteiger partial charge in [-0.05, 0) is 38.6 Å². The Bertz CT molecular complexity index is 673. The van der Waals surface area contributed by atoms with E-state index in [1.54, 1.807) is 24.3 Å². The first-order valence-corrected chi connectivity index (χ1v) is 11.4. The summed E-state index contributed by atoms with van der Waals surface area (Å²) in [5.74, 6) is -0.0186. The number of nitrogens with zero attached hydrogens (tertiary/aromatic N) is 3. The van der Waals surface area contributed by atoms with Gasteiger partial charge in [-0.2, -0.15) is 0 Å². The number of amides is 1. The van der Waals surface area contributed by atoms with Crippen molar-refractivity contribution in [3.05, 3.63) is 30.3 Å². The van der Waals surface area contributed by atoms with Gasteiger partial charge in [0.05, 0.1) is 11.9 Å². The Morgan fingerprint density at radius 3 is 2.41 bits per heavy atom. The minimum atomic E-state index is -3.36. The van der Waals surface area contributed by atoms with Crippen molar-refractivity contribution in [1.82, 2.24) is 15.1 Å². The molecular formula is C19H32N4O3S. The fourth-order valence-electron chi connectivity index (χ4n) is 3.15. The van der Waals surface area contributed by atoms with E-state index in [1.807, 2.05) is 6.07 Å². The van der Waals surface area contributed by atoms with E-state index < -0.39 is 10.0 Å². The zero-order valence-corrected chi connectivity index (χ0v) is 17.2. The van der Waals surface area contributed by atoms with Crippen LogP contribution in [0.1, 0.15) is 19.3 Å². The molecule has 1 fully saturated rings. The van der Waals surface area contributed by atoms with Gasteiger partial charge in [0.1, 0.15) is 0 Å². The van der Waals surface area contributed by atoms with E-state index >= 15 is 0 Å². The molecule has 1 N–H and O–H groups in total. The van der Waals surface area contributed by atoms with Crippen LogP contribution < -0.4 is 9.62 Å². The average Bonchev–Trinajstić information content (AvgIpc) is 2.63. The summed E-state index contributed by atoms with van der Waals surface area (Å²) >= 11 is 0. The molecule has 27 heavy (non-hydrogen) atoms. The molecule has 1 aliphatic heterocycles. The standard InChI is InChI=1S/C19H32N4O3S/c1-21-14-16-22(17-15-21)12-7-11-20-19(24)10-6-13-23(27(2,25)26)18-8-4-3-5-9-18/h3-5,8-9H,6-7,10-17H2,1-2H3,(H,20,24). The van der Waals surface area contributed by atoms with Gasteiger partial charge in [-0.25, -0.2) is 8.42 Å². The summed E-state index contributed by atoms with van der Waals surface area (Å²) in [5, 5.41) is 2.94. The molecule has 1 aromatic carbocycles. The summed E-state index contributed by atoms with van der Waals surface area (Å²) < 4.78 is 25.4. The normalized spacial score (nSPS) is 16.2. The molecule has 1 aromatic rings. The predicted octanol–water partition coefficient (Wildman–Crippen LogP) is 0.987. The van der Waals surface area contributed by atoms with Crippen LogP contribution in [0, 0.1) is 0 Å². The van der Waals surface area contributed by atoms with Gasteiger partial charge >= 0.3 is 0 Å². The molecule has 8 heteroatoms. The fourth-order valence-corrected chi connectivity index (χ4v) is 4.12. The summed E-state index contributed by atoms with van der Waals surface area (Å²) in [5.41, 5.74) is 0.632. The number of anilines is 1. The maximum atomic E-state index is 12.0. The molecule has 0 aromatic heterocycles. The lowest BCUT2D eigenvalue weighted by Gasteiger charge is -2.32. The van der Waals surface area contributed by atoms with E-state index in [4.69, 9.17) is 0 Å². The highest BCUT2D eigenvalue weighted by Crippen LogP contribution is 2.17. The van der Waals surface area contributed by atoms with E-state index in [2.05, 4.69) is 22.2 Å². The van der Waals surface area contributed by atoms with Crippen molar-refractivity contribution in [1.29, 1.82) is 0 Å². The molecule has 1 saturated heterocycles. The minimum absolute atomic E-state index is 0.0186. The Morgan fingerprint density at radius 1 is 1.11 bits per heavy atom. The van der Waals surface area contributed by atoms with E-state index in [0.29, 0.717) is 31.6 Å². The Balaban J connectivity index is 1.64. The first-order chi connectivity index (χ1) is 12.9. The lowest BCUT2D eigenvalue weighted by molar-refractivity contribution is -0.121. The van der Waals surface area contributed by atoms with Crippen molar-refractivity contribution in [2.75, 3.05) is 63.4 Å². The Labute approximate surface area is 163 Å². The average molecular weight is 397 g/mol. The van der Waals surface area contributed by atoms with Crippen LogP contribution in [0.2, 0.25) is 0 Å². The number of hydrogen-bond acceptors (Lipinski definition) is 5. The van der Waals surface area contributed by atoms with Crippen LogP contribution in [0.25, 0.3) is 0 Å². The number of rotatable bonds is 10. The second-order valence-electron chi connectivity index (χ2n) is 7.12. The zero-order chi connectivity index (χ0) is 19.7. The molecule has 0 unspecified atom stereocenters. The Kier molecular flexibility index (Phi) is 8.53. The molecule has 2 rings (SSSR count). The number of carbonyl (C=O) groups is 1. The molecule has 0 bridgehead atoms. The van der Waals surface area contributed by atoms with Gasteiger partial charge in [0, 0.05) is 45.7 Å². The number of likely N-dealkylation sites (N-methyl/N-ethyl adjacent to an activating group) is 1. The summed E-state index contributed by atoms with van der Waals surface area (Å²) in [6.07, 6.45) is 2.95. The molecular weight excluding hydrogens is 364 g/mol. The molecule has 7 nitrogen and oxygen atoms in total. The van der Waals surface area contributed by atoms with Crippen LogP contribution in [-0.4, -0.2) is 83.2 Å². The van der Waals surface area contributed by atoms with Crippen molar-refractivity contribution in [3.63, 3.8) is 0 Å². The van der Waals surface area contributed by atoms with Gasteiger partial charge in [-0.1, -0.05) is 18.2 Å². The maximum Gasteiger partial charge on any atom is 0.232 e. The molecule has 1 amide bonds. The lowest BCUT2D eigenvalue weighted by Crippen LogP contribution is -2.45. The second kappa shape index (κ2) is 10.6. The second-order valence-corrected chi connectivity index (χ2v) is 9.03. The summed E-state index contributed by atoms with van der Waals surface area (Å²) in [6, 6.07) is 8.99. The molecule has 152 valence electrons. The van der Waals surface area contributed by atoms with Gasteiger partial charge in [0.2, 0.25) is 15.9 Å². The monoisotopic (exact) mass is 396 g/mol. The maximum absolute atomic E-state index is 12.0.